The molecule has 0 fully saturated rings. The lowest BCUT2D eigenvalue weighted by Crippen LogP contribution is -2.37. The molecule has 0 saturated heterocycles. The number of halogens is 1. The third-order valence-electron chi connectivity index (χ3n) is 2.15. The summed E-state index contributed by atoms with van der Waals surface area (Å²) in [5, 5.41) is 0. The molecule has 17 heavy (non-hydrogen) atoms. The minimum atomic E-state index is -0.381. The molecule has 1 rings (SSSR count). The SMILES string of the molecule is CC(C)CN(CC(N)=O)c1c(N)cncc1Br. The van der Waals surface area contributed by atoms with Gasteiger partial charge in [0.05, 0.1) is 28.6 Å². The highest BCUT2D eigenvalue weighted by atomic mass is 79.9. The highest BCUT2D eigenvalue weighted by Crippen LogP contribution is 2.31. The maximum atomic E-state index is 11.1. The smallest absolute Gasteiger partial charge is 0.236 e. The Labute approximate surface area is 109 Å². The van der Waals surface area contributed by atoms with Crippen molar-refractivity contribution in [3.63, 3.8) is 0 Å². The Morgan fingerprint density at radius 3 is 2.65 bits per heavy atom. The summed E-state index contributed by atoms with van der Waals surface area (Å²) in [4.78, 5) is 16.9. The molecule has 1 heterocycles. The number of anilines is 2. The Bertz CT molecular complexity index is 388. The van der Waals surface area contributed by atoms with E-state index in [4.69, 9.17) is 11.5 Å². The van der Waals surface area contributed by atoms with Crippen molar-refractivity contribution in [3.8, 4) is 0 Å². The number of rotatable bonds is 5. The van der Waals surface area contributed by atoms with E-state index in [-0.39, 0.29) is 12.5 Å². The van der Waals surface area contributed by atoms with Gasteiger partial charge in [-0.25, -0.2) is 0 Å². The fourth-order valence-electron chi connectivity index (χ4n) is 1.64. The average molecular weight is 301 g/mol. The van der Waals surface area contributed by atoms with Crippen LogP contribution in [0.3, 0.4) is 0 Å². The van der Waals surface area contributed by atoms with Crippen molar-refractivity contribution in [1.29, 1.82) is 0 Å². The summed E-state index contributed by atoms with van der Waals surface area (Å²) in [7, 11) is 0. The van der Waals surface area contributed by atoms with Gasteiger partial charge in [0.2, 0.25) is 5.91 Å². The van der Waals surface area contributed by atoms with Gasteiger partial charge in [-0.3, -0.25) is 9.78 Å². The molecular formula is C11H17BrN4O. The molecule has 1 aromatic rings. The monoisotopic (exact) mass is 300 g/mol. The molecule has 94 valence electrons. The Morgan fingerprint density at radius 2 is 2.18 bits per heavy atom. The van der Waals surface area contributed by atoms with Gasteiger partial charge in [-0.1, -0.05) is 13.8 Å². The molecule has 0 unspecified atom stereocenters. The average Bonchev–Trinajstić information content (AvgIpc) is 2.14. The van der Waals surface area contributed by atoms with Crippen LogP contribution in [-0.4, -0.2) is 24.0 Å². The van der Waals surface area contributed by atoms with Crippen LogP contribution < -0.4 is 16.4 Å². The van der Waals surface area contributed by atoms with Crippen molar-refractivity contribution in [3.05, 3.63) is 16.9 Å². The van der Waals surface area contributed by atoms with Crippen molar-refractivity contribution >= 4 is 33.2 Å². The summed E-state index contributed by atoms with van der Waals surface area (Å²) in [6.07, 6.45) is 3.22. The van der Waals surface area contributed by atoms with Crippen LogP contribution in [0.2, 0.25) is 0 Å². The van der Waals surface area contributed by atoms with E-state index in [2.05, 4.69) is 34.8 Å². The molecule has 1 amide bonds. The van der Waals surface area contributed by atoms with Crippen LogP contribution in [0.5, 0.6) is 0 Å². The van der Waals surface area contributed by atoms with Crippen LogP contribution in [-0.2, 0) is 4.79 Å². The molecule has 0 aromatic carbocycles. The highest BCUT2D eigenvalue weighted by molar-refractivity contribution is 9.10. The molecule has 0 bridgehead atoms. The summed E-state index contributed by atoms with van der Waals surface area (Å²) in [6.45, 7) is 4.99. The fourth-order valence-corrected chi connectivity index (χ4v) is 2.24. The van der Waals surface area contributed by atoms with Gasteiger partial charge in [-0.05, 0) is 21.8 Å². The van der Waals surface area contributed by atoms with Crippen molar-refractivity contribution in [2.24, 2.45) is 11.7 Å². The van der Waals surface area contributed by atoms with Crippen LogP contribution in [0.15, 0.2) is 16.9 Å². The molecular weight excluding hydrogens is 284 g/mol. The van der Waals surface area contributed by atoms with E-state index < -0.39 is 0 Å². The zero-order valence-corrected chi connectivity index (χ0v) is 11.6. The first-order valence-corrected chi connectivity index (χ1v) is 6.13. The molecule has 1 aromatic heterocycles. The summed E-state index contributed by atoms with van der Waals surface area (Å²) in [5.41, 5.74) is 12.4. The number of nitrogen functional groups attached to an aromatic ring is 1. The first-order chi connectivity index (χ1) is 7.91. The molecule has 0 atom stereocenters. The highest BCUT2D eigenvalue weighted by Gasteiger charge is 2.16. The third kappa shape index (κ3) is 3.89. The second kappa shape index (κ2) is 5.86. The van der Waals surface area contributed by atoms with E-state index in [1.807, 2.05) is 4.90 Å². The normalized spacial score (nSPS) is 10.6. The summed E-state index contributed by atoms with van der Waals surface area (Å²) >= 11 is 3.39. The molecule has 0 radical (unpaired) electrons. The maximum Gasteiger partial charge on any atom is 0.236 e. The maximum absolute atomic E-state index is 11.1. The number of hydrogen-bond donors (Lipinski definition) is 2. The second-order valence-corrected chi connectivity index (χ2v) is 5.15. The first-order valence-electron chi connectivity index (χ1n) is 5.34. The van der Waals surface area contributed by atoms with E-state index in [0.717, 1.165) is 10.2 Å². The zero-order valence-electron chi connectivity index (χ0n) is 9.98. The van der Waals surface area contributed by atoms with Crippen LogP contribution in [0.1, 0.15) is 13.8 Å². The fraction of sp³-hybridized carbons (Fsp3) is 0.455. The summed E-state index contributed by atoms with van der Waals surface area (Å²) < 4.78 is 0.763. The molecule has 0 aliphatic carbocycles. The standard InChI is InChI=1S/C11H17BrN4O/c1-7(2)5-16(6-10(14)17)11-8(12)3-15-4-9(11)13/h3-4,7H,5-6,13H2,1-2H3,(H2,14,17). The predicted octanol–water partition coefficient (Wildman–Crippen LogP) is 1.37. The number of nitrogens with zero attached hydrogens (tertiary/aromatic N) is 2. The van der Waals surface area contributed by atoms with Crippen molar-refractivity contribution in [2.75, 3.05) is 23.7 Å². The van der Waals surface area contributed by atoms with Gasteiger partial charge in [-0.2, -0.15) is 0 Å². The van der Waals surface area contributed by atoms with E-state index in [1.54, 1.807) is 12.4 Å². The Morgan fingerprint density at radius 1 is 1.53 bits per heavy atom. The molecule has 6 heteroatoms. The number of carbonyl (C=O) groups is 1. The number of primary amides is 1. The quantitative estimate of drug-likeness (QED) is 0.860. The van der Waals surface area contributed by atoms with Crippen LogP contribution in [0.4, 0.5) is 11.4 Å². The lowest BCUT2D eigenvalue weighted by atomic mass is 10.2. The largest absolute Gasteiger partial charge is 0.396 e. The van der Waals surface area contributed by atoms with Gasteiger partial charge in [0.15, 0.2) is 0 Å². The van der Waals surface area contributed by atoms with E-state index >= 15 is 0 Å². The third-order valence-corrected chi connectivity index (χ3v) is 2.73. The topological polar surface area (TPSA) is 85.2 Å². The lowest BCUT2D eigenvalue weighted by molar-refractivity contribution is -0.116. The number of amides is 1. The molecule has 0 aliphatic heterocycles. The number of hydrogen-bond acceptors (Lipinski definition) is 4. The minimum absolute atomic E-state index is 0.144. The van der Waals surface area contributed by atoms with E-state index in [0.29, 0.717) is 18.2 Å². The lowest BCUT2D eigenvalue weighted by Gasteiger charge is -2.27. The van der Waals surface area contributed by atoms with E-state index in [9.17, 15) is 4.79 Å². The Balaban J connectivity index is 3.07. The van der Waals surface area contributed by atoms with Crippen LogP contribution >= 0.6 is 15.9 Å². The summed E-state index contributed by atoms with van der Waals surface area (Å²) in [6, 6.07) is 0. The van der Waals surface area contributed by atoms with E-state index in [1.165, 1.54) is 0 Å². The Hall–Kier alpha value is -1.30. The predicted molar refractivity (Wildman–Crippen MR) is 72.6 cm³/mol. The zero-order chi connectivity index (χ0) is 13.0. The van der Waals surface area contributed by atoms with Gasteiger partial charge in [0.1, 0.15) is 0 Å². The van der Waals surface area contributed by atoms with Crippen molar-refractivity contribution in [1.82, 2.24) is 4.98 Å². The minimum Gasteiger partial charge on any atom is -0.396 e. The second-order valence-electron chi connectivity index (χ2n) is 4.30. The first kappa shape index (κ1) is 13.8. The van der Waals surface area contributed by atoms with Crippen molar-refractivity contribution in [2.45, 2.75) is 13.8 Å². The Kier molecular flexibility index (Phi) is 4.74. The molecule has 5 nitrogen and oxygen atoms in total. The molecule has 0 saturated carbocycles. The van der Waals surface area contributed by atoms with Gasteiger partial charge >= 0.3 is 0 Å². The molecule has 4 N–H and O–H groups in total. The number of nitrogens with two attached hydrogens (primary N) is 2. The number of aromatic nitrogens is 1. The number of pyridine rings is 1. The van der Waals surface area contributed by atoms with Gasteiger partial charge in [-0.15, -0.1) is 0 Å². The van der Waals surface area contributed by atoms with Crippen LogP contribution in [0, 0.1) is 5.92 Å². The number of carbonyl (C=O) groups excluding carboxylic acids is 1. The van der Waals surface area contributed by atoms with Gasteiger partial charge in [0, 0.05) is 12.7 Å². The summed E-state index contributed by atoms with van der Waals surface area (Å²) in [5.74, 6) is 0.0163. The van der Waals surface area contributed by atoms with Gasteiger partial charge in [0.25, 0.3) is 0 Å². The molecule has 0 aliphatic rings. The molecule has 0 spiro atoms. The van der Waals surface area contributed by atoms with Gasteiger partial charge < -0.3 is 16.4 Å². The van der Waals surface area contributed by atoms with Crippen molar-refractivity contribution < 1.29 is 4.79 Å². The van der Waals surface area contributed by atoms with Crippen LogP contribution in [0.25, 0.3) is 0 Å².